The number of phenols is 2. The van der Waals surface area contributed by atoms with Crippen LogP contribution in [0.25, 0.3) is 11.1 Å². The lowest BCUT2D eigenvalue weighted by Crippen LogP contribution is -2.00. The molecule has 10 nitrogen and oxygen atoms in total. The number of carbonyl (C=O) groups is 2. The van der Waals surface area contributed by atoms with Crippen molar-refractivity contribution in [2.75, 3.05) is 0 Å². The van der Waals surface area contributed by atoms with Crippen LogP contribution in [-0.2, 0) is 0 Å². The fourth-order valence-electron chi connectivity index (χ4n) is 4.32. The number of hydrogen-bond acceptors (Lipinski definition) is 8. The van der Waals surface area contributed by atoms with Crippen LogP contribution in [0, 0.1) is 3.57 Å². The van der Waals surface area contributed by atoms with Crippen molar-refractivity contribution >= 4 is 57.3 Å². The fraction of sp³-hybridized carbons (Fsp3) is 0.188. The largest absolute Gasteiger partial charge is 0.507 e. The Bertz CT molecular complexity index is 1770. The van der Waals surface area contributed by atoms with Crippen LogP contribution in [0.4, 0.5) is 22.7 Å². The average Bonchev–Trinajstić information content (AvgIpc) is 2.96. The Balaban J connectivity index is 1.54. The lowest BCUT2D eigenvalue weighted by molar-refractivity contribution is 0.0682. The zero-order valence-corrected chi connectivity index (χ0v) is 25.9. The number of nitrogens with zero attached hydrogens (tertiary/aromatic N) is 4. The van der Waals surface area contributed by atoms with Crippen molar-refractivity contribution in [2.24, 2.45) is 20.5 Å². The molecule has 4 N–H and O–H groups in total. The van der Waals surface area contributed by atoms with Gasteiger partial charge in [-0.25, -0.2) is 9.59 Å². The summed E-state index contributed by atoms with van der Waals surface area (Å²) in [6.07, 6.45) is 0. The third kappa shape index (κ3) is 7.23. The predicted molar refractivity (Wildman–Crippen MR) is 171 cm³/mol. The van der Waals surface area contributed by atoms with E-state index in [1.165, 1.54) is 12.1 Å². The highest BCUT2D eigenvalue weighted by Gasteiger charge is 2.19. The molecule has 0 saturated carbocycles. The second kappa shape index (κ2) is 13.1. The highest BCUT2D eigenvalue weighted by Crippen LogP contribution is 2.37. The second-order valence-electron chi connectivity index (χ2n) is 10.4. The van der Waals surface area contributed by atoms with Crippen molar-refractivity contribution in [3.63, 3.8) is 0 Å². The number of halogens is 1. The predicted octanol–water partition coefficient (Wildman–Crippen LogP) is 9.84. The summed E-state index contributed by atoms with van der Waals surface area (Å²) in [7, 11) is 0. The molecule has 0 radical (unpaired) electrons. The molecule has 0 bridgehead atoms. The summed E-state index contributed by atoms with van der Waals surface area (Å²) in [5.41, 5.74) is 4.19. The van der Waals surface area contributed by atoms with E-state index in [1.54, 1.807) is 24.3 Å². The molecule has 43 heavy (non-hydrogen) atoms. The Morgan fingerprint density at radius 2 is 1.05 bits per heavy atom. The third-order valence-electron chi connectivity index (χ3n) is 6.66. The summed E-state index contributed by atoms with van der Waals surface area (Å²) in [5.74, 6) is -3.21. The van der Waals surface area contributed by atoms with E-state index in [4.69, 9.17) is 0 Å². The minimum atomic E-state index is -1.24. The molecule has 220 valence electrons. The summed E-state index contributed by atoms with van der Waals surface area (Å²) >= 11 is 2.16. The third-order valence-corrected chi connectivity index (χ3v) is 7.52. The highest BCUT2D eigenvalue weighted by atomic mass is 127. The first-order valence-corrected chi connectivity index (χ1v) is 14.4. The number of carboxylic acids is 2. The topological polar surface area (TPSA) is 164 Å². The number of carboxylic acid groups (broad SMARTS) is 2. The average molecular weight is 693 g/mol. The van der Waals surface area contributed by atoms with E-state index < -0.39 is 11.9 Å². The smallest absolute Gasteiger partial charge is 0.339 e. The Labute approximate surface area is 261 Å². The standard InChI is InChI=1S/C32H29IN4O6/c1-16(2)23-12-21(14-25(29(23)38)31(40)41)35-34-20-8-5-18(6-9-20)19-7-10-28(27(33)11-19)37-36-22-13-24(17(3)4)30(39)26(15-22)32(42)43/h5-17,38-39H,1-4H3,(H,40,41)(H,42,43)/b35-34+,37-36+. The number of azo groups is 2. The summed E-state index contributed by atoms with van der Waals surface area (Å²) in [6.45, 7) is 7.42. The number of aromatic hydroxyl groups is 2. The zero-order valence-electron chi connectivity index (χ0n) is 23.8. The first kappa shape index (κ1) is 31.3. The van der Waals surface area contributed by atoms with Crippen LogP contribution in [-0.4, -0.2) is 32.4 Å². The van der Waals surface area contributed by atoms with Gasteiger partial charge in [0, 0.05) is 3.57 Å². The molecular formula is C32H29IN4O6. The Hall–Kier alpha value is -4.65. The molecule has 0 heterocycles. The van der Waals surface area contributed by atoms with Gasteiger partial charge in [0.15, 0.2) is 0 Å². The molecule has 0 aliphatic rings. The van der Waals surface area contributed by atoms with E-state index in [2.05, 4.69) is 43.0 Å². The second-order valence-corrected chi connectivity index (χ2v) is 11.6. The maximum Gasteiger partial charge on any atom is 0.339 e. The van der Waals surface area contributed by atoms with Gasteiger partial charge in [-0.05, 0) is 105 Å². The van der Waals surface area contributed by atoms with Crippen molar-refractivity contribution in [1.29, 1.82) is 0 Å². The van der Waals surface area contributed by atoms with Gasteiger partial charge in [0.25, 0.3) is 0 Å². The molecule has 0 saturated heterocycles. The van der Waals surface area contributed by atoms with Gasteiger partial charge < -0.3 is 20.4 Å². The minimum absolute atomic E-state index is 0.0986. The van der Waals surface area contributed by atoms with Gasteiger partial charge >= 0.3 is 11.9 Å². The maximum atomic E-state index is 11.6. The van der Waals surface area contributed by atoms with Gasteiger partial charge in [0.2, 0.25) is 0 Å². The van der Waals surface area contributed by atoms with Gasteiger partial charge in [-0.15, -0.1) is 5.11 Å². The fourth-order valence-corrected chi connectivity index (χ4v) is 4.94. The quantitative estimate of drug-likeness (QED) is 0.101. The summed E-state index contributed by atoms with van der Waals surface area (Å²) in [6, 6.07) is 18.8. The molecule has 0 fully saturated rings. The molecule has 0 aliphatic heterocycles. The van der Waals surface area contributed by atoms with E-state index in [9.17, 15) is 30.0 Å². The van der Waals surface area contributed by atoms with Crippen LogP contribution >= 0.6 is 22.6 Å². The highest BCUT2D eigenvalue weighted by molar-refractivity contribution is 14.1. The minimum Gasteiger partial charge on any atom is -0.507 e. The first-order valence-electron chi connectivity index (χ1n) is 13.3. The number of hydrogen-bond donors (Lipinski definition) is 4. The summed E-state index contributed by atoms with van der Waals surface area (Å²) in [4.78, 5) is 23.1. The van der Waals surface area contributed by atoms with Crippen LogP contribution in [0.1, 0.15) is 71.4 Å². The lowest BCUT2D eigenvalue weighted by Gasteiger charge is -2.11. The van der Waals surface area contributed by atoms with E-state index in [-0.39, 0.29) is 34.5 Å². The van der Waals surface area contributed by atoms with E-state index >= 15 is 0 Å². The van der Waals surface area contributed by atoms with Crippen molar-refractivity contribution in [2.45, 2.75) is 39.5 Å². The van der Waals surface area contributed by atoms with Crippen molar-refractivity contribution < 1.29 is 30.0 Å². The van der Waals surface area contributed by atoms with Gasteiger partial charge in [-0.2, -0.15) is 15.3 Å². The number of rotatable bonds is 9. The molecule has 0 amide bonds. The number of aromatic carboxylic acids is 2. The molecule has 4 aromatic rings. The van der Waals surface area contributed by atoms with Crippen molar-refractivity contribution in [3.05, 3.63) is 92.6 Å². The summed E-state index contributed by atoms with van der Waals surface area (Å²) < 4.78 is 0.825. The number of benzene rings is 4. The lowest BCUT2D eigenvalue weighted by atomic mass is 9.98. The van der Waals surface area contributed by atoms with Crippen LogP contribution in [0.2, 0.25) is 0 Å². The molecule has 4 aromatic carbocycles. The first-order chi connectivity index (χ1) is 20.3. The summed E-state index contributed by atoms with van der Waals surface area (Å²) in [5, 5.41) is 56.4. The van der Waals surface area contributed by atoms with Gasteiger partial charge in [-0.3, -0.25) is 0 Å². The van der Waals surface area contributed by atoms with Crippen molar-refractivity contribution in [3.8, 4) is 22.6 Å². The molecule has 0 spiro atoms. The van der Waals surface area contributed by atoms with E-state index in [0.29, 0.717) is 33.9 Å². The molecule has 0 atom stereocenters. The van der Waals surface area contributed by atoms with Gasteiger partial charge in [0.1, 0.15) is 22.6 Å². The molecule has 0 aliphatic carbocycles. The molecule has 0 unspecified atom stereocenters. The van der Waals surface area contributed by atoms with E-state index in [1.807, 2.05) is 58.0 Å². The Morgan fingerprint density at radius 3 is 1.49 bits per heavy atom. The van der Waals surface area contributed by atoms with Gasteiger partial charge in [0.05, 0.1) is 22.7 Å². The molecule has 0 aromatic heterocycles. The molecule has 4 rings (SSSR count). The van der Waals surface area contributed by atoms with Crippen LogP contribution in [0.5, 0.6) is 11.5 Å². The van der Waals surface area contributed by atoms with E-state index in [0.717, 1.165) is 14.7 Å². The monoisotopic (exact) mass is 692 g/mol. The molecular weight excluding hydrogens is 663 g/mol. The Kier molecular flexibility index (Phi) is 9.54. The van der Waals surface area contributed by atoms with Crippen LogP contribution in [0.15, 0.2) is 87.2 Å². The maximum absolute atomic E-state index is 11.6. The molecule has 11 heteroatoms. The SMILES string of the molecule is CC(C)c1cc(/N=N/c2ccc(-c3ccc(/N=N/c4cc(C(=O)O)c(O)c(C(C)C)c4)c(I)c3)cc2)cc(C(=O)O)c1O. The van der Waals surface area contributed by atoms with Gasteiger partial charge in [-0.1, -0.05) is 45.9 Å². The Morgan fingerprint density at radius 1 is 0.605 bits per heavy atom. The van der Waals surface area contributed by atoms with Crippen LogP contribution < -0.4 is 0 Å². The van der Waals surface area contributed by atoms with Crippen molar-refractivity contribution in [1.82, 2.24) is 0 Å². The van der Waals surface area contributed by atoms with Crippen LogP contribution in [0.3, 0.4) is 0 Å². The normalized spacial score (nSPS) is 11.7. The zero-order chi connectivity index (χ0) is 31.4.